The van der Waals surface area contributed by atoms with Crippen LogP contribution < -0.4 is 15.4 Å². The van der Waals surface area contributed by atoms with E-state index in [0.717, 1.165) is 28.5 Å². The van der Waals surface area contributed by atoms with Gasteiger partial charge in [0, 0.05) is 26.8 Å². The fraction of sp³-hybridized carbons (Fsp3) is 0.238. The SMILES string of the molecule is CN=C(NCc1cccc(OCc2ccccc2)c1)NCc1ccnn1C. The Kier molecular flexibility index (Phi) is 6.46. The molecule has 2 N–H and O–H groups in total. The van der Waals surface area contributed by atoms with Gasteiger partial charge in [-0.15, -0.1) is 0 Å². The second-order valence-electron chi connectivity index (χ2n) is 6.15. The Balaban J connectivity index is 1.50. The zero-order valence-electron chi connectivity index (χ0n) is 15.7. The molecule has 1 aromatic heterocycles. The monoisotopic (exact) mass is 363 g/mol. The molecule has 1 heterocycles. The summed E-state index contributed by atoms with van der Waals surface area (Å²) in [4.78, 5) is 4.26. The molecular formula is C21H25N5O. The smallest absolute Gasteiger partial charge is 0.191 e. The van der Waals surface area contributed by atoms with Crippen molar-refractivity contribution in [2.75, 3.05) is 7.05 Å². The highest BCUT2D eigenvalue weighted by Crippen LogP contribution is 2.15. The molecule has 0 aliphatic carbocycles. The number of ether oxygens (including phenoxy) is 1. The van der Waals surface area contributed by atoms with Crippen LogP contribution in [-0.2, 0) is 26.7 Å². The van der Waals surface area contributed by atoms with Gasteiger partial charge in [-0.05, 0) is 29.3 Å². The summed E-state index contributed by atoms with van der Waals surface area (Å²) in [5.74, 6) is 1.60. The predicted molar refractivity (Wildman–Crippen MR) is 107 cm³/mol. The van der Waals surface area contributed by atoms with E-state index < -0.39 is 0 Å². The fourth-order valence-corrected chi connectivity index (χ4v) is 2.64. The summed E-state index contributed by atoms with van der Waals surface area (Å²) in [6.45, 7) is 1.88. The molecule has 0 amide bonds. The first-order valence-electron chi connectivity index (χ1n) is 8.91. The van der Waals surface area contributed by atoms with E-state index in [0.29, 0.717) is 19.7 Å². The number of aliphatic imine (C=N–C) groups is 1. The van der Waals surface area contributed by atoms with Crippen molar-refractivity contribution in [1.29, 1.82) is 0 Å². The van der Waals surface area contributed by atoms with Crippen LogP contribution in [0.15, 0.2) is 71.9 Å². The van der Waals surface area contributed by atoms with E-state index in [1.807, 2.05) is 54.2 Å². The number of benzene rings is 2. The summed E-state index contributed by atoms with van der Waals surface area (Å²) in [6, 6.07) is 20.2. The average Bonchev–Trinajstić information content (AvgIpc) is 3.12. The molecule has 0 fully saturated rings. The Morgan fingerprint density at radius 2 is 1.78 bits per heavy atom. The molecule has 27 heavy (non-hydrogen) atoms. The molecule has 0 saturated carbocycles. The van der Waals surface area contributed by atoms with Crippen LogP contribution in [0.3, 0.4) is 0 Å². The molecule has 0 aliphatic rings. The van der Waals surface area contributed by atoms with E-state index in [9.17, 15) is 0 Å². The number of rotatable bonds is 7. The Hall–Kier alpha value is -3.28. The standard InChI is InChI=1S/C21H25N5O/c1-22-21(24-15-19-11-12-25-26(19)2)23-14-18-9-6-10-20(13-18)27-16-17-7-4-3-5-8-17/h3-13H,14-16H2,1-2H3,(H2,22,23,24). The van der Waals surface area contributed by atoms with Gasteiger partial charge in [-0.2, -0.15) is 5.10 Å². The summed E-state index contributed by atoms with van der Waals surface area (Å²) in [5, 5.41) is 10.8. The van der Waals surface area contributed by atoms with Gasteiger partial charge in [-0.3, -0.25) is 9.67 Å². The number of aryl methyl sites for hydroxylation is 1. The van der Waals surface area contributed by atoms with Gasteiger partial charge in [0.05, 0.1) is 12.2 Å². The van der Waals surface area contributed by atoms with E-state index in [4.69, 9.17) is 4.74 Å². The van der Waals surface area contributed by atoms with Crippen LogP contribution in [0.4, 0.5) is 0 Å². The normalized spacial score (nSPS) is 11.3. The number of aromatic nitrogens is 2. The summed E-state index contributed by atoms with van der Waals surface area (Å²) < 4.78 is 7.73. The first-order valence-corrected chi connectivity index (χ1v) is 8.91. The Bertz CT molecular complexity index is 873. The van der Waals surface area contributed by atoms with Crippen LogP contribution in [-0.4, -0.2) is 22.8 Å². The summed E-state index contributed by atoms with van der Waals surface area (Å²) in [6.07, 6.45) is 1.79. The number of nitrogens with zero attached hydrogens (tertiary/aromatic N) is 3. The molecule has 0 saturated heterocycles. The highest BCUT2D eigenvalue weighted by atomic mass is 16.5. The minimum Gasteiger partial charge on any atom is -0.489 e. The largest absolute Gasteiger partial charge is 0.489 e. The highest BCUT2D eigenvalue weighted by molar-refractivity contribution is 5.79. The summed E-state index contributed by atoms with van der Waals surface area (Å²) >= 11 is 0. The first-order chi connectivity index (χ1) is 13.2. The zero-order valence-corrected chi connectivity index (χ0v) is 15.7. The van der Waals surface area contributed by atoms with E-state index in [2.05, 4.69) is 38.9 Å². The Morgan fingerprint density at radius 1 is 1.00 bits per heavy atom. The van der Waals surface area contributed by atoms with E-state index in [1.54, 1.807) is 13.2 Å². The third-order valence-corrected chi connectivity index (χ3v) is 4.19. The van der Waals surface area contributed by atoms with Gasteiger partial charge in [0.1, 0.15) is 12.4 Å². The topological polar surface area (TPSA) is 63.5 Å². The number of guanidine groups is 1. The maximum atomic E-state index is 5.89. The van der Waals surface area contributed by atoms with Gasteiger partial charge < -0.3 is 15.4 Å². The Labute approximate surface area is 159 Å². The molecule has 140 valence electrons. The maximum Gasteiger partial charge on any atom is 0.191 e. The van der Waals surface area contributed by atoms with Crippen molar-refractivity contribution >= 4 is 5.96 Å². The molecule has 3 aromatic rings. The second kappa shape index (κ2) is 9.43. The molecule has 0 aliphatic heterocycles. The van der Waals surface area contributed by atoms with E-state index >= 15 is 0 Å². The van der Waals surface area contributed by atoms with Crippen LogP contribution in [0.2, 0.25) is 0 Å². The molecular weight excluding hydrogens is 338 g/mol. The quantitative estimate of drug-likeness (QED) is 0.500. The van der Waals surface area contributed by atoms with Crippen molar-refractivity contribution < 1.29 is 4.74 Å². The molecule has 6 heteroatoms. The number of hydrogen-bond acceptors (Lipinski definition) is 3. The third-order valence-electron chi connectivity index (χ3n) is 4.19. The predicted octanol–water partition coefficient (Wildman–Crippen LogP) is 2.86. The van der Waals surface area contributed by atoms with Crippen LogP contribution in [0.25, 0.3) is 0 Å². The van der Waals surface area contributed by atoms with Crippen molar-refractivity contribution in [3.63, 3.8) is 0 Å². The van der Waals surface area contributed by atoms with E-state index in [1.165, 1.54) is 0 Å². The molecule has 0 unspecified atom stereocenters. The maximum absolute atomic E-state index is 5.89. The van der Waals surface area contributed by atoms with Gasteiger partial charge in [0.25, 0.3) is 0 Å². The minimum absolute atomic E-state index is 0.561. The van der Waals surface area contributed by atoms with Crippen LogP contribution in [0.1, 0.15) is 16.8 Å². The molecule has 0 radical (unpaired) electrons. The summed E-state index contributed by atoms with van der Waals surface area (Å²) in [7, 11) is 3.69. The van der Waals surface area contributed by atoms with Crippen LogP contribution in [0, 0.1) is 0 Å². The van der Waals surface area contributed by atoms with Crippen LogP contribution >= 0.6 is 0 Å². The van der Waals surface area contributed by atoms with Crippen molar-refractivity contribution in [2.24, 2.45) is 12.0 Å². The average molecular weight is 363 g/mol. The minimum atomic E-state index is 0.561. The lowest BCUT2D eigenvalue weighted by Crippen LogP contribution is -2.36. The number of nitrogens with one attached hydrogen (secondary N) is 2. The molecule has 3 rings (SSSR count). The molecule has 0 spiro atoms. The van der Waals surface area contributed by atoms with Gasteiger partial charge in [-0.25, -0.2) is 0 Å². The third kappa shape index (κ3) is 5.60. The Morgan fingerprint density at radius 3 is 2.52 bits per heavy atom. The van der Waals surface area contributed by atoms with Crippen LogP contribution in [0.5, 0.6) is 5.75 Å². The van der Waals surface area contributed by atoms with Gasteiger partial charge in [0.15, 0.2) is 5.96 Å². The van der Waals surface area contributed by atoms with Crippen molar-refractivity contribution in [1.82, 2.24) is 20.4 Å². The van der Waals surface area contributed by atoms with Gasteiger partial charge >= 0.3 is 0 Å². The number of hydrogen-bond donors (Lipinski definition) is 2. The van der Waals surface area contributed by atoms with Crippen molar-refractivity contribution in [3.05, 3.63) is 83.7 Å². The van der Waals surface area contributed by atoms with Crippen molar-refractivity contribution in [3.8, 4) is 5.75 Å². The molecule has 0 atom stereocenters. The fourth-order valence-electron chi connectivity index (χ4n) is 2.64. The van der Waals surface area contributed by atoms with E-state index in [-0.39, 0.29) is 0 Å². The molecule has 0 bridgehead atoms. The molecule has 6 nitrogen and oxygen atoms in total. The molecule has 2 aromatic carbocycles. The first kappa shape index (κ1) is 18.5. The summed E-state index contributed by atoms with van der Waals surface area (Å²) in [5.41, 5.74) is 3.37. The lowest BCUT2D eigenvalue weighted by atomic mass is 10.2. The van der Waals surface area contributed by atoms with Crippen molar-refractivity contribution in [2.45, 2.75) is 19.7 Å². The van der Waals surface area contributed by atoms with Gasteiger partial charge in [-0.1, -0.05) is 42.5 Å². The zero-order chi connectivity index (χ0) is 18.9. The lowest BCUT2D eigenvalue weighted by Gasteiger charge is -2.13. The van der Waals surface area contributed by atoms with Gasteiger partial charge in [0.2, 0.25) is 0 Å². The highest BCUT2D eigenvalue weighted by Gasteiger charge is 2.03. The lowest BCUT2D eigenvalue weighted by molar-refractivity contribution is 0.306. The second-order valence-corrected chi connectivity index (χ2v) is 6.15.